The quantitative estimate of drug-likeness (QED) is 0.874. The first-order chi connectivity index (χ1) is 9.15. The normalized spacial score (nSPS) is 38.1. The summed E-state index contributed by atoms with van der Waals surface area (Å²) in [5, 5.41) is 12.6. The first-order valence-electron chi connectivity index (χ1n) is 7.12. The van der Waals surface area contributed by atoms with Gasteiger partial charge in [0.05, 0.1) is 0 Å². The molecule has 2 N–H and O–H groups in total. The lowest BCUT2D eigenvalue weighted by Crippen LogP contribution is -2.16. The van der Waals surface area contributed by atoms with Gasteiger partial charge in [-0.25, -0.2) is 9.78 Å². The Bertz CT molecular complexity index is 541. The number of carboxylic acids is 1. The highest BCUT2D eigenvalue weighted by molar-refractivity contribution is 5.93. The standard InChI is InChI=1S/C15H18N2O2/c1-7-2-5-10(15(18)19)14(16-7)17-13-11-8-3-4-9(6-8)12(11)13/h2,5,8-9,11-13H,3-4,6H2,1H3,(H,16,17)(H,18,19). The van der Waals surface area contributed by atoms with E-state index in [9.17, 15) is 9.90 Å². The Morgan fingerprint density at radius 1 is 1.32 bits per heavy atom. The Balaban J connectivity index is 1.58. The summed E-state index contributed by atoms with van der Waals surface area (Å²) in [6.45, 7) is 1.90. The summed E-state index contributed by atoms with van der Waals surface area (Å²) in [5.74, 6) is 2.98. The Morgan fingerprint density at radius 3 is 2.63 bits per heavy atom. The molecule has 0 aliphatic heterocycles. The average Bonchev–Trinajstić information content (AvgIpc) is 2.78. The maximum absolute atomic E-state index is 11.2. The summed E-state index contributed by atoms with van der Waals surface area (Å²) < 4.78 is 0. The molecule has 0 aromatic carbocycles. The number of aromatic carboxylic acids is 1. The molecule has 0 radical (unpaired) electrons. The van der Waals surface area contributed by atoms with Crippen molar-refractivity contribution in [1.82, 2.24) is 4.98 Å². The van der Waals surface area contributed by atoms with E-state index in [-0.39, 0.29) is 0 Å². The Morgan fingerprint density at radius 2 is 2.00 bits per heavy atom. The molecule has 3 aliphatic carbocycles. The molecule has 4 rings (SSSR count). The average molecular weight is 258 g/mol. The van der Waals surface area contributed by atoms with Gasteiger partial charge in [0, 0.05) is 11.7 Å². The van der Waals surface area contributed by atoms with Crippen molar-refractivity contribution in [3.05, 3.63) is 23.4 Å². The number of aryl methyl sites for hydroxylation is 1. The molecule has 1 aromatic rings. The molecule has 2 bridgehead atoms. The van der Waals surface area contributed by atoms with Gasteiger partial charge in [0.1, 0.15) is 11.4 Å². The highest BCUT2D eigenvalue weighted by Crippen LogP contribution is 2.66. The summed E-state index contributed by atoms with van der Waals surface area (Å²) in [4.78, 5) is 15.6. The van der Waals surface area contributed by atoms with Crippen molar-refractivity contribution in [2.24, 2.45) is 23.7 Å². The summed E-state index contributed by atoms with van der Waals surface area (Å²) in [6, 6.07) is 3.88. The highest BCUT2D eigenvalue weighted by atomic mass is 16.4. The second kappa shape index (κ2) is 3.71. The molecule has 4 heteroatoms. The molecule has 0 spiro atoms. The van der Waals surface area contributed by atoms with E-state index in [1.165, 1.54) is 19.3 Å². The number of carboxylic acid groups (broad SMARTS) is 1. The number of rotatable bonds is 3. The SMILES string of the molecule is Cc1ccc(C(=O)O)c(NC2C3C4CCC(C4)C23)n1. The van der Waals surface area contributed by atoms with E-state index in [0.717, 1.165) is 29.4 Å². The number of anilines is 1. The molecule has 1 aromatic heterocycles. The number of aromatic nitrogens is 1. The van der Waals surface area contributed by atoms with Crippen LogP contribution in [0.3, 0.4) is 0 Å². The molecule has 1 heterocycles. The van der Waals surface area contributed by atoms with Crippen LogP contribution in [0, 0.1) is 30.6 Å². The Hall–Kier alpha value is -1.58. The predicted molar refractivity (Wildman–Crippen MR) is 71.2 cm³/mol. The van der Waals surface area contributed by atoms with Crippen LogP contribution in [0.5, 0.6) is 0 Å². The predicted octanol–water partition coefficient (Wildman–Crippen LogP) is 2.54. The van der Waals surface area contributed by atoms with E-state index < -0.39 is 5.97 Å². The van der Waals surface area contributed by atoms with E-state index in [1.807, 2.05) is 6.92 Å². The van der Waals surface area contributed by atoms with Crippen LogP contribution in [0.1, 0.15) is 35.3 Å². The number of hydrogen-bond acceptors (Lipinski definition) is 3. The molecule has 0 amide bonds. The van der Waals surface area contributed by atoms with Crippen LogP contribution in [0.15, 0.2) is 12.1 Å². The van der Waals surface area contributed by atoms with Gasteiger partial charge in [0.25, 0.3) is 0 Å². The lowest BCUT2D eigenvalue weighted by Gasteiger charge is -2.13. The molecule has 3 saturated carbocycles. The lowest BCUT2D eigenvalue weighted by atomic mass is 10.0. The van der Waals surface area contributed by atoms with Gasteiger partial charge >= 0.3 is 5.97 Å². The first-order valence-corrected chi connectivity index (χ1v) is 7.12. The molecule has 4 atom stereocenters. The van der Waals surface area contributed by atoms with Crippen molar-refractivity contribution in [3.8, 4) is 0 Å². The van der Waals surface area contributed by atoms with Gasteiger partial charge < -0.3 is 10.4 Å². The number of fused-ring (bicyclic) bond motifs is 5. The summed E-state index contributed by atoms with van der Waals surface area (Å²) in [5.41, 5.74) is 1.16. The van der Waals surface area contributed by atoms with Crippen LogP contribution in [0.25, 0.3) is 0 Å². The topological polar surface area (TPSA) is 62.2 Å². The summed E-state index contributed by atoms with van der Waals surface area (Å²) in [7, 11) is 0. The molecular formula is C15H18N2O2. The van der Waals surface area contributed by atoms with Gasteiger partial charge in [-0.3, -0.25) is 0 Å². The molecule has 4 unspecified atom stereocenters. The molecule has 100 valence electrons. The van der Waals surface area contributed by atoms with Gasteiger partial charge in [0.2, 0.25) is 0 Å². The fourth-order valence-corrected chi connectivity index (χ4v) is 4.52. The number of pyridine rings is 1. The van der Waals surface area contributed by atoms with Crippen LogP contribution in [-0.2, 0) is 0 Å². The van der Waals surface area contributed by atoms with Gasteiger partial charge in [-0.2, -0.15) is 0 Å². The van der Waals surface area contributed by atoms with Crippen LogP contribution in [0.2, 0.25) is 0 Å². The van der Waals surface area contributed by atoms with Crippen molar-refractivity contribution in [2.75, 3.05) is 5.32 Å². The zero-order valence-corrected chi connectivity index (χ0v) is 11.0. The van der Waals surface area contributed by atoms with Crippen LogP contribution in [0.4, 0.5) is 5.82 Å². The minimum absolute atomic E-state index is 0.294. The smallest absolute Gasteiger partial charge is 0.339 e. The third-order valence-corrected chi connectivity index (χ3v) is 5.30. The number of hydrogen-bond donors (Lipinski definition) is 2. The fourth-order valence-electron chi connectivity index (χ4n) is 4.52. The molecule has 4 nitrogen and oxygen atoms in total. The summed E-state index contributed by atoms with van der Waals surface area (Å²) in [6.07, 6.45) is 4.15. The number of nitrogens with zero attached hydrogens (tertiary/aromatic N) is 1. The van der Waals surface area contributed by atoms with E-state index in [1.54, 1.807) is 12.1 Å². The van der Waals surface area contributed by atoms with Gasteiger partial charge in [-0.1, -0.05) is 0 Å². The van der Waals surface area contributed by atoms with Gasteiger partial charge in [-0.05, 0) is 62.0 Å². The minimum Gasteiger partial charge on any atom is -0.478 e. The molecule has 19 heavy (non-hydrogen) atoms. The van der Waals surface area contributed by atoms with Gasteiger partial charge in [0.15, 0.2) is 0 Å². The fraction of sp³-hybridized carbons (Fsp3) is 0.600. The van der Waals surface area contributed by atoms with E-state index in [4.69, 9.17) is 0 Å². The molecule has 3 aliphatic rings. The van der Waals surface area contributed by atoms with Crippen molar-refractivity contribution in [3.63, 3.8) is 0 Å². The highest BCUT2D eigenvalue weighted by Gasteiger charge is 2.65. The zero-order chi connectivity index (χ0) is 13.1. The third-order valence-electron chi connectivity index (χ3n) is 5.30. The Kier molecular flexibility index (Phi) is 2.20. The zero-order valence-electron chi connectivity index (χ0n) is 11.0. The molecule has 0 saturated heterocycles. The largest absolute Gasteiger partial charge is 0.478 e. The van der Waals surface area contributed by atoms with Crippen LogP contribution in [-0.4, -0.2) is 22.1 Å². The van der Waals surface area contributed by atoms with Crippen molar-refractivity contribution in [2.45, 2.75) is 32.2 Å². The molecular weight excluding hydrogens is 240 g/mol. The maximum atomic E-state index is 11.2. The lowest BCUT2D eigenvalue weighted by molar-refractivity contribution is 0.0697. The monoisotopic (exact) mass is 258 g/mol. The Labute approximate surface area is 112 Å². The van der Waals surface area contributed by atoms with E-state index in [0.29, 0.717) is 17.4 Å². The van der Waals surface area contributed by atoms with Crippen molar-refractivity contribution < 1.29 is 9.90 Å². The molecule has 3 fully saturated rings. The maximum Gasteiger partial charge on any atom is 0.339 e. The van der Waals surface area contributed by atoms with E-state index in [2.05, 4.69) is 10.3 Å². The summed E-state index contributed by atoms with van der Waals surface area (Å²) >= 11 is 0. The van der Waals surface area contributed by atoms with Gasteiger partial charge in [-0.15, -0.1) is 0 Å². The third kappa shape index (κ3) is 1.58. The minimum atomic E-state index is -0.899. The first kappa shape index (κ1) is 11.3. The number of carbonyl (C=O) groups is 1. The van der Waals surface area contributed by atoms with Crippen LogP contribution < -0.4 is 5.32 Å². The van der Waals surface area contributed by atoms with Crippen molar-refractivity contribution in [1.29, 1.82) is 0 Å². The van der Waals surface area contributed by atoms with E-state index >= 15 is 0 Å². The van der Waals surface area contributed by atoms with Crippen molar-refractivity contribution >= 4 is 11.8 Å². The second-order valence-corrected chi connectivity index (χ2v) is 6.31. The van der Waals surface area contributed by atoms with Crippen LogP contribution >= 0.6 is 0 Å². The number of nitrogens with one attached hydrogen (secondary N) is 1. The second-order valence-electron chi connectivity index (χ2n) is 6.31.